The average molecular weight is 652 g/mol. The second-order valence-electron chi connectivity index (χ2n) is 13.7. The van der Waals surface area contributed by atoms with Crippen molar-refractivity contribution in [2.24, 2.45) is 0 Å². The maximum atomic E-state index is 2.60. The van der Waals surface area contributed by atoms with Crippen LogP contribution in [0.1, 0.15) is 12.5 Å². The molecule has 0 aliphatic heterocycles. The van der Waals surface area contributed by atoms with Gasteiger partial charge in [-0.25, -0.2) is 0 Å². The second kappa shape index (κ2) is 11.0. The molecule has 0 spiro atoms. The first kappa shape index (κ1) is 28.3. The van der Waals surface area contributed by atoms with Crippen LogP contribution in [-0.4, -0.2) is 13.7 Å². The van der Waals surface area contributed by atoms with Gasteiger partial charge in [-0.1, -0.05) is 146 Å². The third kappa shape index (κ3) is 4.06. The Labute approximate surface area is 295 Å². The summed E-state index contributed by atoms with van der Waals surface area (Å²) in [5.41, 5.74) is 12.1. The highest BCUT2D eigenvalue weighted by Gasteiger charge is 2.25. The summed E-state index contributed by atoms with van der Waals surface area (Å²) in [7, 11) is 0. The van der Waals surface area contributed by atoms with Crippen LogP contribution in [0.2, 0.25) is 0 Å². The number of hydrogen-bond donors (Lipinski definition) is 0. The highest BCUT2D eigenvalue weighted by Crippen LogP contribution is 2.45. The van der Waals surface area contributed by atoms with Gasteiger partial charge in [-0.05, 0) is 53.9 Å². The third-order valence-electron chi connectivity index (χ3n) is 10.9. The molecule has 1 unspecified atom stereocenters. The highest BCUT2D eigenvalue weighted by atomic mass is 15.1. The van der Waals surface area contributed by atoms with E-state index in [1.54, 1.807) is 0 Å². The fraction of sp³-hybridized carbons (Fsp3) is 0.0417. The summed E-state index contributed by atoms with van der Waals surface area (Å²) in [6.45, 7) is 0. The van der Waals surface area contributed by atoms with Crippen LogP contribution in [0.25, 0.3) is 87.9 Å². The molecule has 1 atom stereocenters. The number of rotatable bonds is 4. The first-order valence-electron chi connectivity index (χ1n) is 17.8. The van der Waals surface area contributed by atoms with E-state index in [4.69, 9.17) is 0 Å². The number of benzene rings is 7. The zero-order valence-corrected chi connectivity index (χ0v) is 27.9. The second-order valence-corrected chi connectivity index (χ2v) is 13.7. The van der Waals surface area contributed by atoms with Crippen molar-refractivity contribution in [3.8, 4) is 22.5 Å². The van der Waals surface area contributed by atoms with Crippen molar-refractivity contribution in [1.82, 2.24) is 13.7 Å². The molecule has 0 bridgehead atoms. The van der Waals surface area contributed by atoms with Gasteiger partial charge in [0.2, 0.25) is 0 Å². The fourth-order valence-electron chi connectivity index (χ4n) is 8.79. The van der Waals surface area contributed by atoms with Gasteiger partial charge >= 0.3 is 0 Å². The Balaban J connectivity index is 1.32. The number of hydrogen-bond acceptors (Lipinski definition) is 0. The van der Waals surface area contributed by atoms with Crippen molar-refractivity contribution < 1.29 is 0 Å². The minimum atomic E-state index is 0.220. The summed E-state index contributed by atoms with van der Waals surface area (Å²) >= 11 is 0. The van der Waals surface area contributed by atoms with Gasteiger partial charge in [0.25, 0.3) is 0 Å². The van der Waals surface area contributed by atoms with Crippen molar-refractivity contribution >= 4 is 65.4 Å². The minimum Gasteiger partial charge on any atom is -0.331 e. The van der Waals surface area contributed by atoms with Gasteiger partial charge in [-0.3, -0.25) is 0 Å². The average Bonchev–Trinajstić information content (AvgIpc) is 3.85. The molecule has 0 fully saturated rings. The Morgan fingerprint density at radius 3 is 1.75 bits per heavy atom. The molecule has 0 saturated heterocycles. The lowest BCUT2D eigenvalue weighted by atomic mass is 10.1. The lowest BCUT2D eigenvalue weighted by molar-refractivity contribution is 0.648. The first-order valence-corrected chi connectivity index (χ1v) is 17.8. The van der Waals surface area contributed by atoms with E-state index in [0.29, 0.717) is 0 Å². The molecular formula is C48H33N3. The van der Waals surface area contributed by atoms with Crippen LogP contribution in [0.3, 0.4) is 0 Å². The summed E-state index contributed by atoms with van der Waals surface area (Å²) in [4.78, 5) is 0. The normalized spacial score (nSPS) is 14.6. The summed E-state index contributed by atoms with van der Waals surface area (Å²) in [5.74, 6) is 0. The molecule has 0 N–H and O–H groups in total. The molecule has 240 valence electrons. The number of allylic oxidation sites excluding steroid dienone is 4. The highest BCUT2D eigenvalue weighted by molar-refractivity contribution is 6.24. The van der Waals surface area contributed by atoms with Gasteiger partial charge in [-0.15, -0.1) is 0 Å². The summed E-state index contributed by atoms with van der Waals surface area (Å²) in [6, 6.07) is 58.1. The van der Waals surface area contributed by atoms with Gasteiger partial charge in [-0.2, -0.15) is 0 Å². The van der Waals surface area contributed by atoms with Crippen LogP contribution >= 0.6 is 0 Å². The number of para-hydroxylation sites is 4. The summed E-state index contributed by atoms with van der Waals surface area (Å²) in [6.07, 6.45) is 9.98. The number of aromatic nitrogens is 3. The molecule has 7 aromatic carbocycles. The van der Waals surface area contributed by atoms with Crippen LogP contribution in [-0.2, 0) is 0 Å². The van der Waals surface area contributed by atoms with Gasteiger partial charge in [0.1, 0.15) is 0 Å². The minimum absolute atomic E-state index is 0.220. The van der Waals surface area contributed by atoms with E-state index in [1.807, 2.05) is 0 Å². The van der Waals surface area contributed by atoms with Gasteiger partial charge in [0.05, 0.1) is 39.3 Å². The molecule has 51 heavy (non-hydrogen) atoms. The number of nitrogens with zero attached hydrogens (tertiary/aromatic N) is 3. The van der Waals surface area contributed by atoms with Crippen molar-refractivity contribution in [2.45, 2.75) is 12.5 Å². The summed E-state index contributed by atoms with van der Waals surface area (Å²) in [5, 5.41) is 7.60. The van der Waals surface area contributed by atoms with E-state index in [2.05, 4.69) is 196 Å². The Morgan fingerprint density at radius 1 is 0.412 bits per heavy atom. The van der Waals surface area contributed by atoms with E-state index in [0.717, 1.165) is 12.1 Å². The Kier molecular flexibility index (Phi) is 6.08. The Hall–Kier alpha value is -6.58. The number of fused-ring (bicyclic) bond motifs is 10. The maximum Gasteiger partial charge on any atom is 0.0786 e. The van der Waals surface area contributed by atoms with E-state index in [-0.39, 0.29) is 6.04 Å². The smallest absolute Gasteiger partial charge is 0.0786 e. The molecule has 1 aliphatic carbocycles. The maximum absolute atomic E-state index is 2.60. The zero-order valence-electron chi connectivity index (χ0n) is 27.9. The first-order chi connectivity index (χ1) is 25.3. The quantitative estimate of drug-likeness (QED) is 0.180. The van der Waals surface area contributed by atoms with Crippen molar-refractivity contribution in [1.29, 1.82) is 0 Å². The van der Waals surface area contributed by atoms with Crippen LogP contribution in [0.15, 0.2) is 182 Å². The Bertz CT molecular complexity index is 3060. The topological polar surface area (TPSA) is 14.8 Å². The van der Waals surface area contributed by atoms with E-state index in [1.165, 1.54) is 82.2 Å². The molecule has 3 heteroatoms. The van der Waals surface area contributed by atoms with Crippen molar-refractivity contribution in [3.05, 3.63) is 182 Å². The van der Waals surface area contributed by atoms with Gasteiger partial charge < -0.3 is 13.7 Å². The van der Waals surface area contributed by atoms with Crippen LogP contribution in [0, 0.1) is 0 Å². The molecule has 1 aliphatic rings. The molecule has 0 amide bonds. The molecule has 3 heterocycles. The van der Waals surface area contributed by atoms with E-state index in [9.17, 15) is 0 Å². The summed E-state index contributed by atoms with van der Waals surface area (Å²) < 4.78 is 7.64. The van der Waals surface area contributed by atoms with Crippen LogP contribution in [0.4, 0.5) is 0 Å². The Morgan fingerprint density at radius 2 is 1.00 bits per heavy atom. The fourth-order valence-corrected chi connectivity index (χ4v) is 8.79. The lowest BCUT2D eigenvalue weighted by Gasteiger charge is -2.20. The SMILES string of the molecule is C1=CCC(n2c3ccccc3c3ccc4c5ccccc5n(-c5cccc6c7ccccc7n(-c7cccc(-c8ccccc8)c7)c56)c4c32)C=C1. The molecule has 10 aromatic rings. The third-order valence-corrected chi connectivity index (χ3v) is 10.9. The predicted molar refractivity (Wildman–Crippen MR) is 215 cm³/mol. The van der Waals surface area contributed by atoms with Crippen LogP contribution in [0.5, 0.6) is 0 Å². The van der Waals surface area contributed by atoms with E-state index < -0.39 is 0 Å². The molecule has 3 nitrogen and oxygen atoms in total. The predicted octanol–water partition coefficient (Wildman–Crippen LogP) is 12.7. The van der Waals surface area contributed by atoms with Crippen LogP contribution < -0.4 is 0 Å². The van der Waals surface area contributed by atoms with Gasteiger partial charge in [0, 0.05) is 43.5 Å². The molecule has 11 rings (SSSR count). The molecule has 3 aromatic heterocycles. The molecular weight excluding hydrogens is 619 g/mol. The standard InChI is InChI=1S/C48H33N3/c1-3-15-32(16-4-1)33-17-13-20-35(31-33)50-43-26-11-7-21-36(43)39-24-14-28-45(46(39)50)51-44-27-12-9-23-38(44)41-30-29-40-37-22-8-10-25-42(37)49(47(40)48(41)51)34-18-5-2-6-19-34/h1-18,20-31,34H,19H2. The monoisotopic (exact) mass is 651 g/mol. The largest absolute Gasteiger partial charge is 0.331 e. The molecule has 0 saturated carbocycles. The van der Waals surface area contributed by atoms with Gasteiger partial charge in [0.15, 0.2) is 0 Å². The zero-order chi connectivity index (χ0) is 33.5. The molecule has 0 radical (unpaired) electrons. The van der Waals surface area contributed by atoms with Crippen molar-refractivity contribution in [2.75, 3.05) is 0 Å². The lowest BCUT2D eigenvalue weighted by Crippen LogP contribution is -2.08. The van der Waals surface area contributed by atoms with E-state index >= 15 is 0 Å². The van der Waals surface area contributed by atoms with Crippen molar-refractivity contribution in [3.63, 3.8) is 0 Å².